The Bertz CT molecular complexity index is 274. The number of aliphatic hydroxyl groups excluding tert-OH is 1. The van der Waals surface area contributed by atoms with Gasteiger partial charge in [0.15, 0.2) is 0 Å². The summed E-state index contributed by atoms with van der Waals surface area (Å²) in [6.45, 7) is 1.11. The molecule has 0 fully saturated rings. The van der Waals surface area contributed by atoms with E-state index in [-0.39, 0.29) is 6.61 Å². The molecule has 0 aliphatic heterocycles. The van der Waals surface area contributed by atoms with Crippen LogP contribution in [0.1, 0.15) is 17.7 Å². The number of hydrogen-bond donors (Lipinski definition) is 1. The second-order valence-electron chi connectivity index (χ2n) is 3.67. The molecule has 0 bridgehead atoms. The number of nitrogens with zero attached hydrogens (tertiary/aromatic N) is 2. The molecule has 0 unspecified atom stereocenters. The van der Waals surface area contributed by atoms with E-state index in [0.717, 1.165) is 30.6 Å². The molecule has 1 aromatic heterocycles. The van der Waals surface area contributed by atoms with Crippen molar-refractivity contribution in [1.82, 2.24) is 9.88 Å². The van der Waals surface area contributed by atoms with Gasteiger partial charge in [0.25, 0.3) is 0 Å². The van der Waals surface area contributed by atoms with Gasteiger partial charge in [0.05, 0.1) is 12.3 Å². The van der Waals surface area contributed by atoms with Crippen molar-refractivity contribution in [3.8, 4) is 0 Å². The van der Waals surface area contributed by atoms with E-state index >= 15 is 0 Å². The molecule has 0 saturated carbocycles. The first-order chi connectivity index (χ1) is 6.74. The first-order valence-corrected chi connectivity index (χ1v) is 4.92. The largest absolute Gasteiger partial charge is 0.390 e. The molecule has 0 radical (unpaired) electrons. The van der Waals surface area contributed by atoms with Crippen LogP contribution in [-0.4, -0.2) is 35.6 Å². The molecule has 78 valence electrons. The van der Waals surface area contributed by atoms with Crippen molar-refractivity contribution in [3.05, 3.63) is 29.6 Å². The Balaban J connectivity index is 2.49. The van der Waals surface area contributed by atoms with Crippen LogP contribution in [0, 0.1) is 0 Å². The molecule has 3 nitrogen and oxygen atoms in total. The maximum atomic E-state index is 9.05. The Morgan fingerprint density at radius 1 is 1.43 bits per heavy atom. The summed E-state index contributed by atoms with van der Waals surface area (Å²) in [6.07, 6.45) is 3.81. The van der Waals surface area contributed by atoms with Crippen LogP contribution in [0.2, 0.25) is 0 Å². The normalized spacial score (nSPS) is 10.9. The minimum atomic E-state index is 0.0398. The molecule has 0 aromatic carbocycles. The molecule has 0 amide bonds. The topological polar surface area (TPSA) is 36.4 Å². The number of rotatable bonds is 5. The molecule has 1 aromatic rings. The molecule has 3 heteroatoms. The Hall–Kier alpha value is -0.930. The summed E-state index contributed by atoms with van der Waals surface area (Å²) in [7, 11) is 4.13. The highest BCUT2D eigenvalue weighted by atomic mass is 16.3. The Kier molecular flexibility index (Phi) is 4.56. The van der Waals surface area contributed by atoms with Crippen LogP contribution in [0.15, 0.2) is 18.3 Å². The molecule has 0 saturated heterocycles. The highest BCUT2D eigenvalue weighted by Gasteiger charge is 2.01. The van der Waals surface area contributed by atoms with Gasteiger partial charge in [0.1, 0.15) is 0 Å². The molecule has 1 rings (SSSR count). The summed E-state index contributed by atoms with van der Waals surface area (Å²) in [5.74, 6) is 0. The van der Waals surface area contributed by atoms with E-state index in [2.05, 4.69) is 24.0 Å². The molecule has 14 heavy (non-hydrogen) atoms. The van der Waals surface area contributed by atoms with Crippen molar-refractivity contribution in [2.24, 2.45) is 0 Å². The lowest BCUT2D eigenvalue weighted by molar-refractivity contribution is 0.275. The third kappa shape index (κ3) is 3.44. The van der Waals surface area contributed by atoms with Crippen molar-refractivity contribution in [3.63, 3.8) is 0 Å². The van der Waals surface area contributed by atoms with Crippen LogP contribution in [0.25, 0.3) is 0 Å². The molecule has 0 atom stereocenters. The predicted molar refractivity (Wildman–Crippen MR) is 57.0 cm³/mol. The van der Waals surface area contributed by atoms with E-state index in [1.165, 1.54) is 0 Å². The molecule has 1 heterocycles. The third-order valence-corrected chi connectivity index (χ3v) is 2.19. The average molecular weight is 194 g/mol. The molecule has 0 aliphatic rings. The smallest absolute Gasteiger partial charge is 0.0855 e. The van der Waals surface area contributed by atoms with Gasteiger partial charge in [0.2, 0.25) is 0 Å². The Labute approximate surface area is 85.4 Å². The highest BCUT2D eigenvalue weighted by Crippen LogP contribution is 2.08. The van der Waals surface area contributed by atoms with Crippen molar-refractivity contribution < 1.29 is 5.11 Å². The van der Waals surface area contributed by atoms with Gasteiger partial charge in [0, 0.05) is 6.20 Å². The molecule has 1 N–H and O–H groups in total. The summed E-state index contributed by atoms with van der Waals surface area (Å²) in [5.41, 5.74) is 1.98. The van der Waals surface area contributed by atoms with E-state index in [4.69, 9.17) is 5.11 Å². The van der Waals surface area contributed by atoms with Gasteiger partial charge in [-0.2, -0.15) is 0 Å². The maximum Gasteiger partial charge on any atom is 0.0855 e. The summed E-state index contributed by atoms with van der Waals surface area (Å²) in [5, 5.41) is 9.05. The zero-order valence-corrected chi connectivity index (χ0v) is 8.90. The molecule has 0 aliphatic carbocycles. The van der Waals surface area contributed by atoms with E-state index in [1.54, 1.807) is 6.20 Å². The lowest BCUT2D eigenvalue weighted by Crippen LogP contribution is -2.14. The van der Waals surface area contributed by atoms with Gasteiger partial charge in [-0.3, -0.25) is 4.98 Å². The van der Waals surface area contributed by atoms with Gasteiger partial charge in [-0.05, 0) is 45.1 Å². The standard InChI is InChI=1S/C11H18N2O/c1-13(2)8-4-6-10-5-3-7-12-11(10)9-14/h3,5,7,14H,4,6,8-9H2,1-2H3. The van der Waals surface area contributed by atoms with Crippen LogP contribution in [0.5, 0.6) is 0 Å². The minimum Gasteiger partial charge on any atom is -0.390 e. The fraction of sp³-hybridized carbons (Fsp3) is 0.545. The number of aliphatic hydroxyl groups is 1. The Morgan fingerprint density at radius 2 is 2.21 bits per heavy atom. The first kappa shape index (κ1) is 11.1. The molecular weight excluding hydrogens is 176 g/mol. The summed E-state index contributed by atoms with van der Waals surface area (Å²) < 4.78 is 0. The summed E-state index contributed by atoms with van der Waals surface area (Å²) in [4.78, 5) is 6.29. The summed E-state index contributed by atoms with van der Waals surface area (Å²) in [6, 6.07) is 3.96. The monoisotopic (exact) mass is 194 g/mol. The van der Waals surface area contributed by atoms with Crippen molar-refractivity contribution in [1.29, 1.82) is 0 Å². The van der Waals surface area contributed by atoms with Gasteiger partial charge >= 0.3 is 0 Å². The molecular formula is C11H18N2O. The second-order valence-corrected chi connectivity index (χ2v) is 3.67. The molecule has 0 spiro atoms. The van der Waals surface area contributed by atoms with Crippen molar-refractivity contribution in [2.45, 2.75) is 19.4 Å². The van der Waals surface area contributed by atoms with Crippen LogP contribution >= 0.6 is 0 Å². The SMILES string of the molecule is CN(C)CCCc1cccnc1CO. The van der Waals surface area contributed by atoms with E-state index in [0.29, 0.717) is 0 Å². The van der Waals surface area contributed by atoms with Gasteiger partial charge in [-0.25, -0.2) is 0 Å². The van der Waals surface area contributed by atoms with E-state index in [9.17, 15) is 0 Å². The zero-order valence-electron chi connectivity index (χ0n) is 8.90. The number of pyridine rings is 1. The Morgan fingerprint density at radius 3 is 2.86 bits per heavy atom. The quantitative estimate of drug-likeness (QED) is 0.761. The fourth-order valence-electron chi connectivity index (χ4n) is 1.43. The number of aromatic nitrogens is 1. The second kappa shape index (κ2) is 5.73. The van der Waals surface area contributed by atoms with Crippen LogP contribution in [0.4, 0.5) is 0 Å². The summed E-state index contributed by atoms with van der Waals surface area (Å²) >= 11 is 0. The van der Waals surface area contributed by atoms with E-state index < -0.39 is 0 Å². The number of hydrogen-bond acceptors (Lipinski definition) is 3. The fourth-order valence-corrected chi connectivity index (χ4v) is 1.43. The maximum absolute atomic E-state index is 9.05. The van der Waals surface area contributed by atoms with Gasteiger partial charge < -0.3 is 10.0 Å². The number of aryl methyl sites for hydroxylation is 1. The first-order valence-electron chi connectivity index (χ1n) is 4.92. The minimum absolute atomic E-state index is 0.0398. The lowest BCUT2D eigenvalue weighted by Gasteiger charge is -2.10. The average Bonchev–Trinajstić information content (AvgIpc) is 2.18. The lowest BCUT2D eigenvalue weighted by atomic mass is 10.1. The third-order valence-electron chi connectivity index (χ3n) is 2.19. The zero-order chi connectivity index (χ0) is 10.4. The van der Waals surface area contributed by atoms with Gasteiger partial charge in [-0.1, -0.05) is 6.07 Å². The highest BCUT2D eigenvalue weighted by molar-refractivity contribution is 5.19. The predicted octanol–water partition coefficient (Wildman–Crippen LogP) is 1.07. The van der Waals surface area contributed by atoms with Gasteiger partial charge in [-0.15, -0.1) is 0 Å². The van der Waals surface area contributed by atoms with Crippen LogP contribution in [0.3, 0.4) is 0 Å². The van der Waals surface area contributed by atoms with Crippen LogP contribution < -0.4 is 0 Å². The van der Waals surface area contributed by atoms with E-state index in [1.807, 2.05) is 12.1 Å². The van der Waals surface area contributed by atoms with Crippen molar-refractivity contribution in [2.75, 3.05) is 20.6 Å². The van der Waals surface area contributed by atoms with Crippen molar-refractivity contribution >= 4 is 0 Å². The van der Waals surface area contributed by atoms with Crippen LogP contribution in [-0.2, 0) is 13.0 Å².